The van der Waals surface area contributed by atoms with E-state index in [1.165, 1.54) is 12.1 Å². The molecule has 0 aliphatic heterocycles. The van der Waals surface area contributed by atoms with Crippen LogP contribution in [0.2, 0.25) is 0 Å². The highest BCUT2D eigenvalue weighted by molar-refractivity contribution is 5.83. The summed E-state index contributed by atoms with van der Waals surface area (Å²) < 4.78 is 0. The van der Waals surface area contributed by atoms with Crippen LogP contribution < -0.4 is 0 Å². The van der Waals surface area contributed by atoms with Gasteiger partial charge in [0.05, 0.1) is 12.1 Å². The van der Waals surface area contributed by atoms with Crippen LogP contribution in [0.25, 0.3) is 0 Å². The summed E-state index contributed by atoms with van der Waals surface area (Å²) in [5.41, 5.74) is -4.88. The van der Waals surface area contributed by atoms with E-state index in [2.05, 4.69) is 6.58 Å². The van der Waals surface area contributed by atoms with Gasteiger partial charge < -0.3 is 9.90 Å². The fourth-order valence-electron chi connectivity index (χ4n) is 0.653. The van der Waals surface area contributed by atoms with Crippen molar-refractivity contribution in [3.05, 3.63) is 12.7 Å². The molecule has 0 unspecified atom stereocenters. The molecule has 0 amide bonds. The summed E-state index contributed by atoms with van der Waals surface area (Å²) in [6.07, 6.45) is 0.532. The quantitative estimate of drug-likeness (QED) is 0.454. The molecule has 0 aromatic rings. The van der Waals surface area contributed by atoms with Gasteiger partial charge >= 0.3 is 0 Å². The molecule has 5 heteroatoms. The largest absolute Gasteiger partial charge is 0.375 e. The maximum absolute atomic E-state index is 10.4. The van der Waals surface area contributed by atoms with Crippen LogP contribution in [0.15, 0.2) is 12.7 Å². The summed E-state index contributed by atoms with van der Waals surface area (Å²) in [4.78, 5) is 20.8. The average Bonchev–Trinajstić information content (AvgIpc) is 2.20. The molecule has 0 rings (SSSR count). The third kappa shape index (κ3) is 1.33. The van der Waals surface area contributed by atoms with Crippen molar-refractivity contribution in [3.63, 3.8) is 0 Å². The Bertz CT molecular complexity index is 299. The molecule has 0 aromatic carbocycles. The van der Waals surface area contributed by atoms with Crippen LogP contribution >= 0.6 is 0 Å². The van der Waals surface area contributed by atoms with Crippen LogP contribution in [0.5, 0.6) is 0 Å². The van der Waals surface area contributed by atoms with E-state index < -0.39 is 11.0 Å². The number of nitriles is 2. The molecule has 0 aromatic heterocycles. The Morgan fingerprint density at radius 3 is 1.77 bits per heavy atom. The minimum Gasteiger partial charge on any atom is -0.375 e. The van der Waals surface area contributed by atoms with E-state index in [0.29, 0.717) is 6.08 Å². The molecule has 0 radical (unpaired) electrons. The molecule has 0 saturated carbocycles. The maximum atomic E-state index is 10.4. The van der Waals surface area contributed by atoms with Crippen LogP contribution in [-0.2, 0) is 9.59 Å². The van der Waals surface area contributed by atoms with Gasteiger partial charge in [-0.05, 0) is 6.08 Å². The molecule has 0 saturated heterocycles. The van der Waals surface area contributed by atoms with Gasteiger partial charge in [0.1, 0.15) is 0 Å². The predicted molar refractivity (Wildman–Crippen MR) is 40.9 cm³/mol. The summed E-state index contributed by atoms with van der Waals surface area (Å²) in [5, 5.41) is 26.4. The Kier molecular flexibility index (Phi) is 3.06. The van der Waals surface area contributed by atoms with E-state index in [4.69, 9.17) is 10.5 Å². The Morgan fingerprint density at radius 2 is 1.69 bits per heavy atom. The number of carbonyl (C=O) groups excluding carboxylic acids is 2. The monoisotopic (exact) mass is 178 g/mol. The van der Waals surface area contributed by atoms with Gasteiger partial charge in [-0.1, -0.05) is 6.58 Å². The van der Waals surface area contributed by atoms with Crippen molar-refractivity contribution in [1.29, 1.82) is 10.5 Å². The number of aliphatic hydroxyl groups is 1. The van der Waals surface area contributed by atoms with Crippen LogP contribution in [0.1, 0.15) is 0 Å². The highest BCUT2D eigenvalue weighted by Gasteiger charge is 2.50. The van der Waals surface area contributed by atoms with Crippen molar-refractivity contribution >= 4 is 12.6 Å². The third-order valence-corrected chi connectivity index (χ3v) is 1.65. The molecule has 1 atom stereocenters. The second-order valence-electron chi connectivity index (χ2n) is 2.30. The van der Waals surface area contributed by atoms with Crippen LogP contribution in [0.4, 0.5) is 0 Å². The van der Waals surface area contributed by atoms with E-state index in [-0.39, 0.29) is 12.6 Å². The zero-order chi connectivity index (χ0) is 10.5. The number of hydrogen-bond acceptors (Lipinski definition) is 5. The minimum atomic E-state index is -2.46. The van der Waals surface area contributed by atoms with Gasteiger partial charge in [0.2, 0.25) is 5.41 Å². The smallest absolute Gasteiger partial charge is 0.236 e. The molecule has 0 heterocycles. The molecule has 0 spiro atoms. The molecule has 13 heavy (non-hydrogen) atoms. The molecule has 0 aliphatic carbocycles. The Balaban J connectivity index is 5.57. The lowest BCUT2D eigenvalue weighted by atomic mass is 9.76. The van der Waals surface area contributed by atoms with Crippen LogP contribution in [0.3, 0.4) is 0 Å². The number of aldehydes is 2. The highest BCUT2D eigenvalue weighted by atomic mass is 16.3. The van der Waals surface area contributed by atoms with Gasteiger partial charge in [0.15, 0.2) is 18.2 Å². The van der Waals surface area contributed by atoms with Gasteiger partial charge in [-0.25, -0.2) is 0 Å². The van der Waals surface area contributed by atoms with Crippen molar-refractivity contribution < 1.29 is 14.7 Å². The maximum Gasteiger partial charge on any atom is 0.236 e. The second-order valence-corrected chi connectivity index (χ2v) is 2.30. The van der Waals surface area contributed by atoms with Crippen LogP contribution in [0, 0.1) is 28.1 Å². The van der Waals surface area contributed by atoms with E-state index in [0.717, 1.165) is 0 Å². The summed E-state index contributed by atoms with van der Waals surface area (Å²) in [5.74, 6) is 0. The molecule has 0 bridgehead atoms. The topological polar surface area (TPSA) is 102 Å². The lowest BCUT2D eigenvalue weighted by molar-refractivity contribution is -0.132. The Morgan fingerprint density at radius 1 is 1.23 bits per heavy atom. The summed E-state index contributed by atoms with van der Waals surface area (Å²) in [6, 6.07) is 2.55. The number of carbonyl (C=O) groups is 2. The Labute approximate surface area is 74.5 Å². The average molecular weight is 178 g/mol. The van der Waals surface area contributed by atoms with Gasteiger partial charge in [-0.15, -0.1) is 0 Å². The molecular formula is C8H6N2O3. The number of nitrogens with zero attached hydrogens (tertiary/aromatic N) is 2. The van der Waals surface area contributed by atoms with E-state index >= 15 is 0 Å². The van der Waals surface area contributed by atoms with Crippen molar-refractivity contribution in [2.75, 3.05) is 0 Å². The Hall–Kier alpha value is -1.98. The molecule has 5 nitrogen and oxygen atoms in total. The highest BCUT2D eigenvalue weighted by Crippen LogP contribution is 2.27. The van der Waals surface area contributed by atoms with Gasteiger partial charge in [0.25, 0.3) is 0 Å². The molecule has 0 aliphatic rings. The van der Waals surface area contributed by atoms with Crippen molar-refractivity contribution in [2.24, 2.45) is 5.41 Å². The van der Waals surface area contributed by atoms with Gasteiger partial charge in [-0.2, -0.15) is 10.5 Å². The number of rotatable bonds is 4. The van der Waals surface area contributed by atoms with Crippen molar-refractivity contribution in [2.45, 2.75) is 5.60 Å². The standard InChI is InChI=1S/C8H6N2O3/c1-2-8(13,6-12)7(3-9,4-10)5-11/h2,5-6,13H,1H2/t8-/m0/s1. The third-order valence-electron chi connectivity index (χ3n) is 1.65. The molecule has 0 fully saturated rings. The van der Waals surface area contributed by atoms with Gasteiger partial charge in [-0.3, -0.25) is 4.79 Å². The lowest BCUT2D eigenvalue weighted by Crippen LogP contribution is -2.47. The van der Waals surface area contributed by atoms with Crippen molar-refractivity contribution in [1.82, 2.24) is 0 Å². The minimum absolute atomic E-state index is 0.0686. The van der Waals surface area contributed by atoms with Gasteiger partial charge in [0, 0.05) is 0 Å². The fraction of sp³-hybridized carbons (Fsp3) is 0.250. The first-order chi connectivity index (χ1) is 6.05. The first-order valence-corrected chi connectivity index (χ1v) is 3.17. The second kappa shape index (κ2) is 3.61. The number of hydrogen-bond donors (Lipinski definition) is 1. The first kappa shape index (κ1) is 11.0. The molecule has 66 valence electrons. The zero-order valence-electron chi connectivity index (χ0n) is 6.60. The first-order valence-electron chi connectivity index (χ1n) is 3.17. The molecule has 1 N–H and O–H groups in total. The zero-order valence-corrected chi connectivity index (χ0v) is 6.60. The van der Waals surface area contributed by atoms with Crippen molar-refractivity contribution in [3.8, 4) is 12.1 Å². The fourth-order valence-corrected chi connectivity index (χ4v) is 0.653. The SMILES string of the molecule is C=C[C@](O)(C=O)C(C#N)(C#N)C=O. The summed E-state index contributed by atoms with van der Waals surface area (Å²) >= 11 is 0. The molecular weight excluding hydrogens is 172 g/mol. The van der Waals surface area contributed by atoms with Crippen LogP contribution in [-0.4, -0.2) is 23.3 Å². The van der Waals surface area contributed by atoms with E-state index in [1.807, 2.05) is 0 Å². The lowest BCUT2D eigenvalue weighted by Gasteiger charge is -2.24. The predicted octanol–water partition coefficient (Wildman–Crippen LogP) is -0.665. The summed E-state index contributed by atoms with van der Waals surface area (Å²) in [6.45, 7) is 3.07. The summed E-state index contributed by atoms with van der Waals surface area (Å²) in [7, 11) is 0. The van der Waals surface area contributed by atoms with E-state index in [1.54, 1.807) is 0 Å². The van der Waals surface area contributed by atoms with E-state index in [9.17, 15) is 14.7 Å². The normalized spacial score (nSPS) is 14.4.